The van der Waals surface area contributed by atoms with Crippen LogP contribution in [0.15, 0.2) is 35.1 Å². The molecular weight excluding hydrogens is 376 g/mol. The predicted molar refractivity (Wildman–Crippen MR) is 120 cm³/mol. The summed E-state index contributed by atoms with van der Waals surface area (Å²) in [6, 6.07) is 9.93. The number of rotatable bonds is 6. The largest absolute Gasteiger partial charge is 0.330 e. The van der Waals surface area contributed by atoms with E-state index in [1.165, 1.54) is 18.4 Å². The lowest BCUT2D eigenvalue weighted by Crippen LogP contribution is -2.28. The number of nitrogens with one attached hydrogen (secondary N) is 1. The van der Waals surface area contributed by atoms with Gasteiger partial charge in [-0.3, -0.25) is 14.2 Å². The van der Waals surface area contributed by atoms with Gasteiger partial charge in [0.05, 0.1) is 5.52 Å². The Labute approximate surface area is 176 Å². The van der Waals surface area contributed by atoms with Gasteiger partial charge >= 0.3 is 0 Å². The minimum absolute atomic E-state index is 0.0296. The monoisotopic (exact) mass is 406 g/mol. The van der Waals surface area contributed by atoms with Crippen molar-refractivity contribution < 1.29 is 4.79 Å². The number of hydrogen-bond donors (Lipinski definition) is 1. The topological polar surface area (TPSA) is 68.9 Å². The number of aromatic nitrogens is 3. The summed E-state index contributed by atoms with van der Waals surface area (Å²) in [7, 11) is 0. The maximum atomic E-state index is 13.2. The lowest BCUT2D eigenvalue weighted by Gasteiger charge is -2.12. The maximum Gasteiger partial charge on any atom is 0.278 e. The molecule has 0 fully saturated rings. The molecule has 6 nitrogen and oxygen atoms in total. The molecule has 1 aliphatic heterocycles. The summed E-state index contributed by atoms with van der Waals surface area (Å²) < 4.78 is 3.60. The first kappa shape index (κ1) is 20.4. The van der Waals surface area contributed by atoms with Gasteiger partial charge in [-0.1, -0.05) is 31.9 Å². The SMILES string of the molecule is CCCCc1ccc(NC(=O)Cn2c(C)cc3nc4n(c(=O)c32)CCCCC4)cc1. The second-order valence-corrected chi connectivity index (χ2v) is 8.25. The zero-order chi connectivity index (χ0) is 21.1. The first-order chi connectivity index (χ1) is 14.6. The van der Waals surface area contributed by atoms with E-state index in [4.69, 9.17) is 4.98 Å². The highest BCUT2D eigenvalue weighted by Gasteiger charge is 2.19. The van der Waals surface area contributed by atoms with Crippen molar-refractivity contribution in [3.63, 3.8) is 0 Å². The molecule has 0 bridgehead atoms. The van der Waals surface area contributed by atoms with Gasteiger partial charge in [0.2, 0.25) is 5.91 Å². The normalized spacial score (nSPS) is 13.8. The molecule has 0 unspecified atom stereocenters. The maximum absolute atomic E-state index is 13.2. The standard InChI is InChI=1S/C24H30N4O2/c1-3-4-8-18-10-12-19(13-11-18)25-22(29)16-28-17(2)15-20-23(28)24(30)27-14-7-5-6-9-21(27)26-20/h10-13,15H,3-9,14,16H2,1-2H3,(H,25,29). The average Bonchev–Trinajstić information content (AvgIpc) is 2.90. The van der Waals surface area contributed by atoms with E-state index in [0.29, 0.717) is 17.6 Å². The molecule has 0 aliphatic carbocycles. The Kier molecular flexibility index (Phi) is 6.02. The number of anilines is 1. The molecule has 6 heteroatoms. The van der Waals surface area contributed by atoms with Crippen molar-refractivity contribution in [1.29, 1.82) is 0 Å². The number of hydrogen-bond acceptors (Lipinski definition) is 3. The molecule has 0 saturated heterocycles. The number of amides is 1. The Morgan fingerprint density at radius 3 is 2.73 bits per heavy atom. The number of benzene rings is 1. The van der Waals surface area contributed by atoms with Crippen LogP contribution in [0.2, 0.25) is 0 Å². The predicted octanol–water partition coefficient (Wildman–Crippen LogP) is 4.21. The van der Waals surface area contributed by atoms with Crippen LogP contribution in [0.1, 0.15) is 56.1 Å². The number of unbranched alkanes of at least 4 members (excludes halogenated alkanes) is 1. The fourth-order valence-corrected chi connectivity index (χ4v) is 4.25. The molecule has 1 aliphatic rings. The molecule has 158 valence electrons. The third-order valence-electron chi connectivity index (χ3n) is 5.93. The second kappa shape index (κ2) is 8.86. The number of carbonyl (C=O) groups excluding carboxylic acids is 1. The van der Waals surface area contributed by atoms with Crippen LogP contribution >= 0.6 is 0 Å². The lowest BCUT2D eigenvalue weighted by atomic mass is 10.1. The van der Waals surface area contributed by atoms with Crippen molar-refractivity contribution >= 4 is 22.6 Å². The summed E-state index contributed by atoms with van der Waals surface area (Å²) in [6.45, 7) is 4.91. The zero-order valence-corrected chi connectivity index (χ0v) is 17.9. The minimum atomic E-state index is -0.142. The highest BCUT2D eigenvalue weighted by Crippen LogP contribution is 2.19. The van der Waals surface area contributed by atoms with Gasteiger partial charge in [-0.05, 0) is 56.4 Å². The molecule has 0 atom stereocenters. The summed E-state index contributed by atoms with van der Waals surface area (Å²) in [6.07, 6.45) is 7.40. The van der Waals surface area contributed by atoms with Crippen molar-refractivity contribution in [1.82, 2.24) is 14.1 Å². The van der Waals surface area contributed by atoms with Gasteiger partial charge in [-0.25, -0.2) is 4.98 Å². The van der Waals surface area contributed by atoms with Crippen LogP contribution in [-0.2, 0) is 30.7 Å². The lowest BCUT2D eigenvalue weighted by molar-refractivity contribution is -0.116. The van der Waals surface area contributed by atoms with Gasteiger partial charge in [0.25, 0.3) is 5.56 Å². The van der Waals surface area contributed by atoms with E-state index in [2.05, 4.69) is 24.4 Å². The fourth-order valence-electron chi connectivity index (χ4n) is 4.25. The van der Waals surface area contributed by atoms with Crippen LogP contribution in [-0.4, -0.2) is 20.0 Å². The highest BCUT2D eigenvalue weighted by atomic mass is 16.2. The van der Waals surface area contributed by atoms with E-state index in [0.717, 1.165) is 49.3 Å². The fraction of sp³-hybridized carbons (Fsp3) is 0.458. The minimum Gasteiger partial charge on any atom is -0.330 e. The molecule has 3 heterocycles. The number of aryl methyl sites for hydroxylation is 3. The summed E-state index contributed by atoms with van der Waals surface area (Å²) in [5.74, 6) is 0.728. The third kappa shape index (κ3) is 4.18. The van der Waals surface area contributed by atoms with E-state index in [1.807, 2.05) is 25.1 Å². The van der Waals surface area contributed by atoms with Crippen LogP contribution in [0, 0.1) is 6.92 Å². The molecular formula is C24H30N4O2. The number of fused-ring (bicyclic) bond motifs is 2. The first-order valence-electron chi connectivity index (χ1n) is 11.0. The van der Waals surface area contributed by atoms with E-state index in [9.17, 15) is 9.59 Å². The summed E-state index contributed by atoms with van der Waals surface area (Å²) in [5, 5.41) is 2.96. The Morgan fingerprint density at radius 1 is 1.17 bits per heavy atom. The third-order valence-corrected chi connectivity index (χ3v) is 5.93. The summed E-state index contributed by atoms with van der Waals surface area (Å²) in [4.78, 5) is 30.7. The van der Waals surface area contributed by atoms with Crippen LogP contribution in [0.3, 0.4) is 0 Å². The van der Waals surface area contributed by atoms with Gasteiger partial charge in [-0.2, -0.15) is 0 Å². The molecule has 0 radical (unpaired) electrons. The van der Waals surface area contributed by atoms with Crippen molar-refractivity contribution in [2.45, 2.75) is 71.9 Å². The molecule has 3 aromatic rings. The van der Waals surface area contributed by atoms with Crippen LogP contribution < -0.4 is 10.9 Å². The summed E-state index contributed by atoms with van der Waals surface area (Å²) in [5.41, 5.74) is 4.13. The molecule has 1 N–H and O–H groups in total. The molecule has 1 amide bonds. The van der Waals surface area contributed by atoms with Crippen molar-refractivity contribution in [2.75, 3.05) is 5.32 Å². The van der Waals surface area contributed by atoms with Gasteiger partial charge in [0.15, 0.2) is 0 Å². The van der Waals surface area contributed by atoms with Crippen LogP contribution in [0.25, 0.3) is 11.0 Å². The summed E-state index contributed by atoms with van der Waals surface area (Å²) >= 11 is 0. The number of nitrogens with zero attached hydrogens (tertiary/aromatic N) is 3. The molecule has 1 aromatic carbocycles. The van der Waals surface area contributed by atoms with Crippen LogP contribution in [0.4, 0.5) is 5.69 Å². The van der Waals surface area contributed by atoms with Gasteiger partial charge in [0, 0.05) is 24.3 Å². The van der Waals surface area contributed by atoms with Crippen molar-refractivity contribution in [3.8, 4) is 0 Å². The smallest absolute Gasteiger partial charge is 0.278 e. The van der Waals surface area contributed by atoms with E-state index in [1.54, 1.807) is 9.13 Å². The quantitative estimate of drug-likeness (QED) is 0.667. The first-order valence-corrected chi connectivity index (χ1v) is 11.0. The van der Waals surface area contributed by atoms with Crippen LogP contribution in [0.5, 0.6) is 0 Å². The van der Waals surface area contributed by atoms with Gasteiger partial charge < -0.3 is 9.88 Å². The molecule has 0 spiro atoms. The van der Waals surface area contributed by atoms with E-state index >= 15 is 0 Å². The van der Waals surface area contributed by atoms with E-state index < -0.39 is 0 Å². The average molecular weight is 407 g/mol. The zero-order valence-electron chi connectivity index (χ0n) is 17.9. The molecule has 2 aromatic heterocycles. The Bertz CT molecular complexity index is 1110. The van der Waals surface area contributed by atoms with Crippen molar-refractivity contribution in [3.05, 3.63) is 57.8 Å². The molecule has 30 heavy (non-hydrogen) atoms. The number of carbonyl (C=O) groups is 1. The Hall–Kier alpha value is -2.89. The molecule has 4 rings (SSSR count). The second-order valence-electron chi connectivity index (χ2n) is 8.25. The highest BCUT2D eigenvalue weighted by molar-refractivity contribution is 5.91. The Morgan fingerprint density at radius 2 is 1.97 bits per heavy atom. The molecule has 0 saturated carbocycles. The van der Waals surface area contributed by atoms with E-state index in [-0.39, 0.29) is 18.0 Å². The van der Waals surface area contributed by atoms with Gasteiger partial charge in [0.1, 0.15) is 17.9 Å². The van der Waals surface area contributed by atoms with Crippen molar-refractivity contribution in [2.24, 2.45) is 0 Å². The van der Waals surface area contributed by atoms with Gasteiger partial charge in [-0.15, -0.1) is 0 Å². The Balaban J connectivity index is 1.56.